The van der Waals surface area contributed by atoms with Gasteiger partial charge in [0, 0.05) is 19.6 Å². The summed E-state index contributed by atoms with van der Waals surface area (Å²) in [5.74, 6) is 0.423. The van der Waals surface area contributed by atoms with E-state index in [0.29, 0.717) is 18.8 Å². The summed E-state index contributed by atoms with van der Waals surface area (Å²) in [6.45, 7) is 1.09. The van der Waals surface area contributed by atoms with Crippen molar-refractivity contribution < 1.29 is 14.6 Å². The molecule has 94 valence electrons. The number of methoxy groups -OCH3 is 1. The van der Waals surface area contributed by atoms with Gasteiger partial charge in [-0.15, -0.1) is 0 Å². The number of hydrogen-bond acceptors (Lipinski definition) is 6. The lowest BCUT2D eigenvalue weighted by atomic mass is 10.0. The van der Waals surface area contributed by atoms with Crippen LogP contribution in [-0.2, 0) is 4.74 Å². The van der Waals surface area contributed by atoms with Crippen LogP contribution in [0.3, 0.4) is 0 Å². The van der Waals surface area contributed by atoms with Crippen molar-refractivity contribution in [3.05, 3.63) is 16.7 Å². The Balaban J connectivity index is 2.08. The molecule has 0 radical (unpaired) electrons. The Labute approximate surface area is 97.8 Å². The maximum atomic E-state index is 11.4. The molecule has 2 rings (SSSR count). The van der Waals surface area contributed by atoms with E-state index in [2.05, 4.69) is 15.3 Å². The van der Waals surface area contributed by atoms with Gasteiger partial charge in [-0.25, -0.2) is 4.98 Å². The molecule has 7 nitrogen and oxygen atoms in total. The molecule has 1 aromatic heterocycles. The molecule has 1 aromatic rings. The summed E-state index contributed by atoms with van der Waals surface area (Å²) in [5, 5.41) is 12.9. The minimum atomic E-state index is -0.907. The molecule has 1 saturated heterocycles. The zero-order chi connectivity index (χ0) is 12.3. The lowest BCUT2D eigenvalue weighted by Gasteiger charge is -2.21. The van der Waals surface area contributed by atoms with E-state index in [-0.39, 0.29) is 24.5 Å². The van der Waals surface area contributed by atoms with Crippen LogP contribution in [-0.4, -0.2) is 47.5 Å². The second-order valence-electron chi connectivity index (χ2n) is 3.99. The summed E-state index contributed by atoms with van der Waals surface area (Å²) in [4.78, 5) is 17.8. The molecule has 0 saturated carbocycles. The van der Waals surface area contributed by atoms with Gasteiger partial charge in [0.05, 0.1) is 20.0 Å². The Morgan fingerprint density at radius 1 is 1.76 bits per heavy atom. The van der Waals surface area contributed by atoms with Gasteiger partial charge >= 0.3 is 0 Å². The van der Waals surface area contributed by atoms with Crippen molar-refractivity contribution in [1.82, 2.24) is 9.97 Å². The van der Waals surface area contributed by atoms with Crippen molar-refractivity contribution in [1.29, 1.82) is 0 Å². The number of hydrogen-bond donors (Lipinski definition) is 3. The largest absolute Gasteiger partial charge is 0.489 e. The quantitative estimate of drug-likeness (QED) is 0.647. The van der Waals surface area contributed by atoms with E-state index in [1.165, 1.54) is 13.4 Å². The predicted molar refractivity (Wildman–Crippen MR) is 60.3 cm³/mol. The van der Waals surface area contributed by atoms with Crippen molar-refractivity contribution in [3.8, 4) is 5.75 Å². The number of anilines is 1. The monoisotopic (exact) mass is 241 g/mol. The van der Waals surface area contributed by atoms with Crippen LogP contribution in [0.15, 0.2) is 11.1 Å². The van der Waals surface area contributed by atoms with E-state index in [0.717, 1.165) is 0 Å². The fourth-order valence-corrected chi connectivity index (χ4v) is 1.69. The summed E-state index contributed by atoms with van der Waals surface area (Å²) in [5.41, 5.74) is -1.27. The fraction of sp³-hybridized carbons (Fsp3) is 0.600. The third kappa shape index (κ3) is 2.56. The van der Waals surface area contributed by atoms with Gasteiger partial charge in [-0.05, 0) is 0 Å². The SMILES string of the molecule is COc1c(NCC2(O)CCOC2)nc[nH]c1=O. The van der Waals surface area contributed by atoms with Crippen molar-refractivity contribution >= 4 is 5.82 Å². The van der Waals surface area contributed by atoms with Crippen LogP contribution in [0.5, 0.6) is 5.75 Å². The number of aromatic nitrogens is 2. The molecule has 3 N–H and O–H groups in total. The minimum absolute atomic E-state index is 0.106. The maximum absolute atomic E-state index is 11.4. The molecular formula is C10H15N3O4. The Bertz CT molecular complexity index is 439. The van der Waals surface area contributed by atoms with Gasteiger partial charge in [-0.3, -0.25) is 4.79 Å². The molecule has 1 aliphatic heterocycles. The van der Waals surface area contributed by atoms with E-state index in [1.54, 1.807) is 0 Å². The Morgan fingerprint density at radius 2 is 2.59 bits per heavy atom. The standard InChI is InChI=1S/C10H15N3O4/c1-16-7-8(12-6-13-9(7)14)11-4-10(15)2-3-17-5-10/h6,15H,2-5H2,1H3,(H2,11,12,13,14). The summed E-state index contributed by atoms with van der Waals surface area (Å²) in [7, 11) is 1.39. The molecule has 0 bridgehead atoms. The van der Waals surface area contributed by atoms with Crippen LogP contribution in [0, 0.1) is 0 Å². The molecule has 0 aromatic carbocycles. The van der Waals surface area contributed by atoms with Crippen LogP contribution in [0.4, 0.5) is 5.82 Å². The first kappa shape index (κ1) is 11.9. The van der Waals surface area contributed by atoms with Gasteiger partial charge in [0.25, 0.3) is 5.56 Å². The number of aliphatic hydroxyl groups is 1. The average molecular weight is 241 g/mol. The van der Waals surface area contributed by atoms with Crippen molar-refractivity contribution in [3.63, 3.8) is 0 Å². The van der Waals surface area contributed by atoms with Crippen LogP contribution in [0.25, 0.3) is 0 Å². The highest BCUT2D eigenvalue weighted by Crippen LogP contribution is 2.21. The van der Waals surface area contributed by atoms with Gasteiger partial charge in [0.2, 0.25) is 5.75 Å². The number of nitrogens with one attached hydrogen (secondary N) is 2. The van der Waals surface area contributed by atoms with Crippen LogP contribution < -0.4 is 15.6 Å². The zero-order valence-corrected chi connectivity index (χ0v) is 9.52. The topological polar surface area (TPSA) is 96.5 Å². The Morgan fingerprint density at radius 3 is 3.24 bits per heavy atom. The van der Waals surface area contributed by atoms with Crippen LogP contribution >= 0.6 is 0 Å². The van der Waals surface area contributed by atoms with Crippen molar-refractivity contribution in [2.45, 2.75) is 12.0 Å². The van der Waals surface area contributed by atoms with Crippen LogP contribution in [0.1, 0.15) is 6.42 Å². The highest BCUT2D eigenvalue weighted by molar-refractivity contribution is 5.48. The van der Waals surface area contributed by atoms with E-state index < -0.39 is 5.60 Å². The lowest BCUT2D eigenvalue weighted by Crippen LogP contribution is -2.37. The Hall–Kier alpha value is -1.60. The van der Waals surface area contributed by atoms with Gasteiger partial charge < -0.3 is 24.9 Å². The molecule has 2 heterocycles. The molecular weight excluding hydrogens is 226 g/mol. The van der Waals surface area contributed by atoms with Gasteiger partial charge in [-0.1, -0.05) is 0 Å². The van der Waals surface area contributed by atoms with Gasteiger partial charge in [0.1, 0.15) is 5.60 Å². The third-order valence-electron chi connectivity index (χ3n) is 2.68. The second-order valence-corrected chi connectivity index (χ2v) is 3.99. The highest BCUT2D eigenvalue weighted by atomic mass is 16.5. The number of ether oxygens (including phenoxy) is 2. The second kappa shape index (κ2) is 4.72. The van der Waals surface area contributed by atoms with Gasteiger partial charge in [-0.2, -0.15) is 0 Å². The first-order valence-electron chi connectivity index (χ1n) is 5.30. The highest BCUT2D eigenvalue weighted by Gasteiger charge is 2.32. The average Bonchev–Trinajstić information content (AvgIpc) is 2.74. The number of nitrogens with zero attached hydrogens (tertiary/aromatic N) is 1. The van der Waals surface area contributed by atoms with E-state index >= 15 is 0 Å². The predicted octanol–water partition coefficient (Wildman–Crippen LogP) is -0.658. The van der Waals surface area contributed by atoms with E-state index in [1.807, 2.05) is 0 Å². The normalized spacial score (nSPS) is 23.6. The fourth-order valence-electron chi connectivity index (χ4n) is 1.69. The molecule has 7 heteroatoms. The first-order chi connectivity index (χ1) is 8.14. The lowest BCUT2D eigenvalue weighted by molar-refractivity contribution is 0.0381. The van der Waals surface area contributed by atoms with E-state index in [9.17, 15) is 9.90 Å². The number of aromatic amines is 1. The first-order valence-corrected chi connectivity index (χ1v) is 5.30. The molecule has 1 aliphatic rings. The molecule has 0 amide bonds. The van der Waals surface area contributed by atoms with Crippen molar-refractivity contribution in [2.24, 2.45) is 0 Å². The molecule has 1 atom stereocenters. The smallest absolute Gasteiger partial charge is 0.295 e. The zero-order valence-electron chi connectivity index (χ0n) is 9.52. The summed E-state index contributed by atoms with van der Waals surface area (Å²) < 4.78 is 10.1. The molecule has 1 fully saturated rings. The summed E-state index contributed by atoms with van der Waals surface area (Å²) >= 11 is 0. The summed E-state index contributed by atoms with van der Waals surface area (Å²) in [6, 6.07) is 0. The van der Waals surface area contributed by atoms with Gasteiger partial charge in [0.15, 0.2) is 5.82 Å². The minimum Gasteiger partial charge on any atom is -0.489 e. The molecule has 0 aliphatic carbocycles. The molecule has 17 heavy (non-hydrogen) atoms. The van der Waals surface area contributed by atoms with E-state index in [4.69, 9.17) is 9.47 Å². The molecule has 1 unspecified atom stereocenters. The number of H-pyrrole nitrogens is 1. The van der Waals surface area contributed by atoms with Crippen LogP contribution in [0.2, 0.25) is 0 Å². The Kier molecular flexibility index (Phi) is 3.30. The third-order valence-corrected chi connectivity index (χ3v) is 2.68. The number of rotatable bonds is 4. The van der Waals surface area contributed by atoms with Crippen molar-refractivity contribution in [2.75, 3.05) is 32.2 Å². The summed E-state index contributed by atoms with van der Waals surface area (Å²) in [6.07, 6.45) is 1.84. The molecule has 0 spiro atoms. The maximum Gasteiger partial charge on any atom is 0.295 e.